The molecule has 0 aliphatic carbocycles. The molecule has 2 aliphatic heterocycles. The third kappa shape index (κ3) is 3.12. The molecule has 0 atom stereocenters. The van der Waals surface area contributed by atoms with Gasteiger partial charge in [0.1, 0.15) is 13.2 Å². The molecule has 6 heteroatoms. The van der Waals surface area contributed by atoms with E-state index in [0.717, 1.165) is 18.4 Å². The molecular formula is C16H17ClN2O3. The van der Waals surface area contributed by atoms with Crippen LogP contribution < -0.4 is 9.47 Å². The average molecular weight is 321 g/mol. The van der Waals surface area contributed by atoms with Crippen LogP contribution in [0.4, 0.5) is 0 Å². The predicted octanol–water partition coefficient (Wildman–Crippen LogP) is 2.42. The first-order valence-corrected chi connectivity index (χ1v) is 7.80. The van der Waals surface area contributed by atoms with E-state index in [9.17, 15) is 4.79 Å². The van der Waals surface area contributed by atoms with Gasteiger partial charge in [0.15, 0.2) is 11.5 Å². The molecule has 0 aromatic heterocycles. The van der Waals surface area contributed by atoms with Gasteiger partial charge in [0, 0.05) is 19.0 Å². The van der Waals surface area contributed by atoms with Gasteiger partial charge >= 0.3 is 0 Å². The highest BCUT2D eigenvalue weighted by Crippen LogP contribution is 2.38. The van der Waals surface area contributed by atoms with Gasteiger partial charge in [0.05, 0.1) is 17.5 Å². The Labute approximate surface area is 134 Å². The van der Waals surface area contributed by atoms with Gasteiger partial charge in [-0.2, -0.15) is 5.26 Å². The summed E-state index contributed by atoms with van der Waals surface area (Å²) in [7, 11) is 0. The van der Waals surface area contributed by atoms with Crippen LogP contribution in [0.3, 0.4) is 0 Å². The maximum absolute atomic E-state index is 12.4. The van der Waals surface area contributed by atoms with Crippen molar-refractivity contribution in [3.05, 3.63) is 22.7 Å². The molecule has 0 unspecified atom stereocenters. The van der Waals surface area contributed by atoms with Crippen molar-refractivity contribution in [2.24, 2.45) is 5.92 Å². The van der Waals surface area contributed by atoms with Crippen molar-refractivity contribution in [2.45, 2.75) is 19.3 Å². The van der Waals surface area contributed by atoms with Gasteiger partial charge in [0.2, 0.25) is 5.91 Å². The number of nitrogens with zero attached hydrogens (tertiary/aromatic N) is 2. The molecule has 3 rings (SSSR count). The summed E-state index contributed by atoms with van der Waals surface area (Å²) in [4.78, 5) is 14.2. The van der Waals surface area contributed by atoms with Gasteiger partial charge in [-0.05, 0) is 30.5 Å². The zero-order chi connectivity index (χ0) is 15.5. The van der Waals surface area contributed by atoms with E-state index in [2.05, 4.69) is 6.07 Å². The lowest BCUT2D eigenvalue weighted by Crippen LogP contribution is -2.39. The lowest BCUT2D eigenvalue weighted by atomic mass is 9.98. The fraction of sp³-hybridized carbons (Fsp3) is 0.500. The Morgan fingerprint density at radius 1 is 1.32 bits per heavy atom. The predicted molar refractivity (Wildman–Crippen MR) is 81.1 cm³/mol. The van der Waals surface area contributed by atoms with Gasteiger partial charge in [-0.15, -0.1) is 0 Å². The Balaban J connectivity index is 1.67. The first-order chi connectivity index (χ1) is 10.7. The number of amides is 1. The van der Waals surface area contributed by atoms with E-state index in [1.54, 1.807) is 6.07 Å². The number of likely N-dealkylation sites (tertiary alicyclic amines) is 1. The topological polar surface area (TPSA) is 62.6 Å². The molecule has 0 saturated carbocycles. The van der Waals surface area contributed by atoms with Gasteiger partial charge in [0.25, 0.3) is 0 Å². The number of hydrogen-bond acceptors (Lipinski definition) is 4. The summed E-state index contributed by atoms with van der Waals surface area (Å²) >= 11 is 6.19. The lowest BCUT2D eigenvalue weighted by Gasteiger charge is -2.29. The van der Waals surface area contributed by atoms with E-state index >= 15 is 0 Å². The van der Waals surface area contributed by atoms with Crippen LogP contribution in [0.2, 0.25) is 5.02 Å². The summed E-state index contributed by atoms with van der Waals surface area (Å²) in [6.07, 6.45) is 1.79. The number of rotatable bonds is 2. The molecule has 116 valence electrons. The molecule has 0 bridgehead atoms. The normalized spacial score (nSPS) is 17.9. The Morgan fingerprint density at radius 3 is 2.77 bits per heavy atom. The number of hydrogen-bond donors (Lipinski definition) is 0. The number of ether oxygens (including phenoxy) is 2. The van der Waals surface area contributed by atoms with Crippen molar-refractivity contribution in [2.75, 3.05) is 26.3 Å². The SMILES string of the molecule is N#CC1CCN(C(=O)Cc2cc(Cl)c3c(c2)OCCO3)CC1. The van der Waals surface area contributed by atoms with E-state index < -0.39 is 0 Å². The molecule has 5 nitrogen and oxygen atoms in total. The van der Waals surface area contributed by atoms with Crippen molar-refractivity contribution in [1.82, 2.24) is 4.90 Å². The summed E-state index contributed by atoms with van der Waals surface area (Å²) < 4.78 is 11.0. The molecule has 1 aromatic rings. The highest BCUT2D eigenvalue weighted by atomic mass is 35.5. The molecule has 0 spiro atoms. The molecule has 1 amide bonds. The van der Waals surface area contributed by atoms with Crippen LogP contribution in [-0.2, 0) is 11.2 Å². The van der Waals surface area contributed by atoms with Crippen LogP contribution in [0.1, 0.15) is 18.4 Å². The summed E-state index contributed by atoms with van der Waals surface area (Å²) in [5.74, 6) is 1.29. The quantitative estimate of drug-likeness (QED) is 0.839. The van der Waals surface area contributed by atoms with E-state index in [4.69, 9.17) is 26.3 Å². The second kappa shape index (κ2) is 6.45. The second-order valence-corrected chi connectivity index (χ2v) is 5.97. The van der Waals surface area contributed by atoms with E-state index in [1.807, 2.05) is 11.0 Å². The van der Waals surface area contributed by atoms with Crippen molar-refractivity contribution in [3.63, 3.8) is 0 Å². The third-order valence-electron chi connectivity index (χ3n) is 4.04. The largest absolute Gasteiger partial charge is 0.486 e. The molecule has 1 saturated heterocycles. The summed E-state index contributed by atoms with van der Waals surface area (Å²) in [6, 6.07) is 5.85. The minimum Gasteiger partial charge on any atom is -0.486 e. The number of carbonyl (C=O) groups excluding carboxylic acids is 1. The van der Waals surface area contributed by atoms with Crippen molar-refractivity contribution in [3.8, 4) is 17.6 Å². The molecule has 22 heavy (non-hydrogen) atoms. The number of carbonyl (C=O) groups is 1. The standard InChI is InChI=1S/C16H17ClN2O3/c17-13-7-12(8-14-16(13)22-6-5-21-14)9-15(20)19-3-1-11(10-18)2-4-19/h7-8,11H,1-6,9H2. The van der Waals surface area contributed by atoms with Crippen molar-refractivity contribution in [1.29, 1.82) is 5.26 Å². The number of nitriles is 1. The fourth-order valence-corrected chi connectivity index (χ4v) is 3.10. The third-order valence-corrected chi connectivity index (χ3v) is 4.32. The number of halogens is 1. The Morgan fingerprint density at radius 2 is 2.05 bits per heavy atom. The molecule has 2 aliphatic rings. The zero-order valence-electron chi connectivity index (χ0n) is 12.2. The molecule has 1 fully saturated rings. The van der Waals surface area contributed by atoms with Crippen LogP contribution in [-0.4, -0.2) is 37.1 Å². The van der Waals surface area contributed by atoms with Crippen LogP contribution in [0, 0.1) is 17.2 Å². The number of fused-ring (bicyclic) bond motifs is 1. The fourth-order valence-electron chi connectivity index (χ4n) is 2.81. The smallest absolute Gasteiger partial charge is 0.226 e. The van der Waals surface area contributed by atoms with E-state index in [0.29, 0.717) is 42.8 Å². The van der Waals surface area contributed by atoms with Crippen LogP contribution in [0.5, 0.6) is 11.5 Å². The Bertz CT molecular complexity index is 619. The van der Waals surface area contributed by atoms with Gasteiger partial charge in [-0.3, -0.25) is 4.79 Å². The minimum absolute atomic E-state index is 0.0594. The highest BCUT2D eigenvalue weighted by molar-refractivity contribution is 6.32. The molecule has 0 radical (unpaired) electrons. The second-order valence-electron chi connectivity index (χ2n) is 5.56. The molecule has 2 heterocycles. The maximum atomic E-state index is 12.4. The van der Waals surface area contributed by atoms with Crippen molar-refractivity contribution >= 4 is 17.5 Å². The van der Waals surface area contributed by atoms with E-state index in [1.165, 1.54) is 0 Å². The average Bonchev–Trinajstić information content (AvgIpc) is 2.55. The Kier molecular flexibility index (Phi) is 4.39. The maximum Gasteiger partial charge on any atom is 0.226 e. The van der Waals surface area contributed by atoms with Crippen LogP contribution in [0.25, 0.3) is 0 Å². The highest BCUT2D eigenvalue weighted by Gasteiger charge is 2.23. The van der Waals surface area contributed by atoms with Crippen LogP contribution in [0.15, 0.2) is 12.1 Å². The van der Waals surface area contributed by atoms with Gasteiger partial charge < -0.3 is 14.4 Å². The lowest BCUT2D eigenvalue weighted by molar-refractivity contribution is -0.131. The monoisotopic (exact) mass is 320 g/mol. The molecular weight excluding hydrogens is 304 g/mol. The van der Waals surface area contributed by atoms with Crippen molar-refractivity contribution < 1.29 is 14.3 Å². The summed E-state index contributed by atoms with van der Waals surface area (Å²) in [6.45, 7) is 2.27. The van der Waals surface area contributed by atoms with Gasteiger partial charge in [-0.25, -0.2) is 0 Å². The summed E-state index contributed by atoms with van der Waals surface area (Å²) in [5.41, 5.74) is 0.821. The summed E-state index contributed by atoms with van der Waals surface area (Å²) in [5, 5.41) is 9.38. The van der Waals surface area contributed by atoms with Crippen LogP contribution >= 0.6 is 11.6 Å². The Hall–Kier alpha value is -1.93. The zero-order valence-corrected chi connectivity index (χ0v) is 12.9. The minimum atomic E-state index is 0.0594. The van der Waals surface area contributed by atoms with E-state index in [-0.39, 0.29) is 18.2 Å². The van der Waals surface area contributed by atoms with Gasteiger partial charge in [-0.1, -0.05) is 11.6 Å². The molecule has 0 N–H and O–H groups in total. The first kappa shape index (κ1) is 15.0. The molecule has 1 aromatic carbocycles. The first-order valence-electron chi connectivity index (χ1n) is 7.43. The number of piperidine rings is 1. The number of benzene rings is 1.